The Hall–Kier alpha value is -10.3. The number of ether oxygens (including phenoxy) is 3. The Kier molecular flexibility index (Phi) is 25.6. The number of halogens is 2. The summed E-state index contributed by atoms with van der Waals surface area (Å²) in [5.41, 5.74) is 5.65. The lowest BCUT2D eigenvalue weighted by Crippen LogP contribution is -2.49. The van der Waals surface area contributed by atoms with Gasteiger partial charge in [-0.05, 0) is 98.5 Å². The monoisotopic (exact) mass is 1510 g/mol. The van der Waals surface area contributed by atoms with Crippen LogP contribution in [0.4, 0.5) is 8.78 Å². The number of esters is 2. The van der Waals surface area contributed by atoms with Gasteiger partial charge < -0.3 is 48.3 Å². The first-order chi connectivity index (χ1) is 51.6. The lowest BCUT2D eigenvalue weighted by Gasteiger charge is -2.36. The maximum absolute atomic E-state index is 15.0. The van der Waals surface area contributed by atoms with Crippen molar-refractivity contribution in [3.05, 3.63) is 243 Å². The highest BCUT2D eigenvalue weighted by molar-refractivity contribution is 7.54. The highest BCUT2D eigenvalue weighted by Crippen LogP contribution is 2.50. The molecule has 108 heavy (non-hydrogen) atoms. The molecule has 28 heteroatoms. The summed E-state index contributed by atoms with van der Waals surface area (Å²) in [5, 5.41) is 12.1. The van der Waals surface area contributed by atoms with E-state index >= 15 is 0 Å². The molecule has 566 valence electrons. The molecule has 2 N–H and O–H groups in total. The van der Waals surface area contributed by atoms with Crippen LogP contribution in [-0.4, -0.2) is 188 Å². The molecule has 2 saturated heterocycles. The number of benzene rings is 7. The topological polar surface area (TPSA) is 278 Å². The molecule has 7 aromatic carbocycles. The van der Waals surface area contributed by atoms with Crippen LogP contribution in [0.15, 0.2) is 176 Å². The first-order valence-electron chi connectivity index (χ1n) is 35.4. The van der Waals surface area contributed by atoms with Crippen LogP contribution >= 0.6 is 15.2 Å². The van der Waals surface area contributed by atoms with Gasteiger partial charge in [-0.25, -0.2) is 22.9 Å². The molecule has 0 aliphatic carbocycles. The van der Waals surface area contributed by atoms with Crippen molar-refractivity contribution >= 4 is 72.6 Å². The second kappa shape index (κ2) is 35.2. The van der Waals surface area contributed by atoms with E-state index in [0.29, 0.717) is 109 Å². The molecule has 4 aliphatic heterocycles. The standard InChI is InChI=1S/C49H48FN4O8P.C30H34FN4O8P.CH4/c1-3-59-49(57)34(2)61-63(58,62-39-18-11-6-12-19-39)31-30-52-26-28-53(29-27-52)47(55)42-40-20-13-25-51-44(40)46(60-45(36-14-7-4-8-15-36)37-16-9-5-10-17-37)43-41(42)33-54(48(43)56)32-35-21-23-38(50)24-22-35;1-3-42-30(39)19(2)43-44(40,41)16-15-33-11-13-34(14-12-33)28(37)24-22-5-4-10-32-26(22)27(36)25-23(24)18-35(29(25)38)17-20-6-8-21(31)9-7-20;/h4-25,34,45H,3,26-33H2,1-2H3;4-10,19,36H,3,11-18H2,1-2H3,(H,40,41);1H4/t34-,63?;19-;/m11./s1. The number of carbonyl (C=O) groups is 6. The largest absolute Gasteiger partial charge is 0.505 e. The van der Waals surface area contributed by atoms with Crippen molar-refractivity contribution < 1.29 is 84.5 Å². The average Bonchev–Trinajstić information content (AvgIpc) is 1.52. The van der Waals surface area contributed by atoms with Gasteiger partial charge in [-0.1, -0.05) is 123 Å². The molecule has 4 amide bonds. The minimum absolute atomic E-state index is 0. The molecule has 0 bridgehead atoms. The Bertz CT molecular complexity index is 4790. The van der Waals surface area contributed by atoms with E-state index in [9.17, 15) is 56.7 Å². The lowest BCUT2D eigenvalue weighted by molar-refractivity contribution is -0.151. The van der Waals surface area contributed by atoms with Crippen molar-refractivity contribution in [2.45, 2.75) is 79.6 Å². The molecule has 4 atom stereocenters. The van der Waals surface area contributed by atoms with E-state index in [1.165, 1.54) is 49.2 Å². The fourth-order valence-corrected chi connectivity index (χ4v) is 16.6. The maximum Gasteiger partial charge on any atom is 0.381 e. The molecule has 13 rings (SSSR count). The number of aromatic nitrogens is 2. The first-order valence-corrected chi connectivity index (χ1v) is 38.9. The molecule has 2 fully saturated rings. The summed E-state index contributed by atoms with van der Waals surface area (Å²) in [5.74, 6) is -3.09. The zero-order valence-corrected chi connectivity index (χ0v) is 61.3. The Labute approximate surface area is 624 Å². The molecule has 6 heterocycles. The third-order valence-corrected chi connectivity index (χ3v) is 22.3. The summed E-state index contributed by atoms with van der Waals surface area (Å²) in [6.07, 6.45) is 0.00796. The van der Waals surface area contributed by atoms with Gasteiger partial charge in [0.1, 0.15) is 34.5 Å². The highest BCUT2D eigenvalue weighted by Gasteiger charge is 2.42. The van der Waals surface area contributed by atoms with Gasteiger partial charge in [0.05, 0.1) is 47.8 Å². The van der Waals surface area contributed by atoms with Crippen molar-refractivity contribution in [3.63, 3.8) is 0 Å². The van der Waals surface area contributed by atoms with E-state index in [2.05, 4.69) is 9.88 Å². The zero-order valence-electron chi connectivity index (χ0n) is 59.5. The molecular weight excluding hydrogens is 1430 g/mol. The van der Waals surface area contributed by atoms with Crippen molar-refractivity contribution in [1.29, 1.82) is 0 Å². The average molecular weight is 1520 g/mol. The van der Waals surface area contributed by atoms with E-state index in [-0.39, 0.29) is 117 Å². The van der Waals surface area contributed by atoms with E-state index in [0.717, 1.165) is 16.7 Å². The predicted molar refractivity (Wildman–Crippen MR) is 400 cm³/mol. The Morgan fingerprint density at radius 3 is 1.44 bits per heavy atom. The number of hydrogen-bond donors (Lipinski definition) is 2. The van der Waals surface area contributed by atoms with E-state index in [1.807, 2.05) is 77.7 Å². The number of carbonyl (C=O) groups excluding carboxylic acids is 6. The van der Waals surface area contributed by atoms with Gasteiger partial charge in [-0.3, -0.25) is 52.6 Å². The summed E-state index contributed by atoms with van der Waals surface area (Å²) in [6.45, 7) is 10.6. The van der Waals surface area contributed by atoms with Crippen LogP contribution in [0.2, 0.25) is 0 Å². The second-order valence-electron chi connectivity index (χ2n) is 26.2. The van der Waals surface area contributed by atoms with Crippen LogP contribution in [0, 0.1) is 11.6 Å². The highest BCUT2D eigenvalue weighted by atomic mass is 31.2. The number of amides is 4. The van der Waals surface area contributed by atoms with Crippen LogP contribution in [0.3, 0.4) is 0 Å². The predicted octanol–water partition coefficient (Wildman–Crippen LogP) is 12.5. The van der Waals surface area contributed by atoms with E-state index in [4.69, 9.17) is 32.8 Å². The van der Waals surface area contributed by atoms with Crippen LogP contribution in [0.25, 0.3) is 21.8 Å². The maximum atomic E-state index is 15.0. The molecule has 0 spiro atoms. The number of pyridine rings is 2. The quantitative estimate of drug-likeness (QED) is 0.0376. The summed E-state index contributed by atoms with van der Waals surface area (Å²) in [6, 6.07) is 46.9. The second-order valence-corrected chi connectivity index (χ2v) is 30.2. The van der Waals surface area contributed by atoms with E-state index in [1.54, 1.807) is 101 Å². The minimum atomic E-state index is -4.07. The van der Waals surface area contributed by atoms with Gasteiger partial charge in [0.2, 0.25) is 0 Å². The summed E-state index contributed by atoms with van der Waals surface area (Å²) < 4.78 is 87.8. The number of fused-ring (bicyclic) bond motifs is 4. The Morgan fingerprint density at radius 2 is 0.963 bits per heavy atom. The van der Waals surface area contributed by atoms with Crippen LogP contribution in [-0.2, 0) is 63.4 Å². The van der Waals surface area contributed by atoms with E-state index < -0.39 is 57.2 Å². The fourth-order valence-electron chi connectivity index (χ4n) is 13.6. The molecule has 24 nitrogen and oxygen atoms in total. The Balaban J connectivity index is 0.000000227. The van der Waals surface area contributed by atoms with Gasteiger partial charge in [-0.2, -0.15) is 0 Å². The normalized spacial score (nSPS) is 16.1. The van der Waals surface area contributed by atoms with Crippen molar-refractivity contribution in [2.24, 2.45) is 0 Å². The van der Waals surface area contributed by atoms with Gasteiger partial charge in [-0.15, -0.1) is 0 Å². The molecule has 4 aliphatic rings. The molecule has 2 unspecified atom stereocenters. The lowest BCUT2D eigenvalue weighted by atomic mass is 9.94. The van der Waals surface area contributed by atoms with Crippen LogP contribution in [0.1, 0.15) is 116 Å². The summed E-state index contributed by atoms with van der Waals surface area (Å²) in [7, 11) is -7.92. The number of para-hydroxylation sites is 1. The SMILES string of the molecule is C.CCOC(=O)[C@@H](C)OP(=O)(CCN1CCN(C(=O)c2c3c(c(OC(c4ccccc4)c4ccccc4)c4ncccc24)C(=O)N(Cc2ccc(F)cc2)C3)CC1)Oc1ccccc1.CCOC(=O)[C@@H](C)OP(=O)(O)CCN1CCN(C(=O)c2c3c(c(O)c4ncccc24)C(=O)N(Cc2ccc(F)cc2)C3)CC1. The number of nitrogens with zero attached hydrogens (tertiary/aromatic N) is 8. The molecule has 0 saturated carbocycles. The number of phenolic OH excluding ortho intramolecular Hbond substituents is 1. The number of hydrogen-bond acceptors (Lipinski definition) is 19. The molecular formula is C80H86F2N8O16P2. The smallest absolute Gasteiger partial charge is 0.381 e. The van der Waals surface area contributed by atoms with Gasteiger partial charge in [0, 0.05) is 126 Å². The van der Waals surface area contributed by atoms with Gasteiger partial charge >= 0.3 is 27.1 Å². The van der Waals surface area contributed by atoms with Crippen LogP contribution in [0.5, 0.6) is 17.2 Å². The summed E-state index contributed by atoms with van der Waals surface area (Å²) >= 11 is 0. The zero-order chi connectivity index (χ0) is 75.5. The number of aromatic hydroxyl groups is 1. The fraction of sp³-hybridized carbons (Fsp3) is 0.325. The Morgan fingerprint density at radius 1 is 0.537 bits per heavy atom. The van der Waals surface area contributed by atoms with Gasteiger partial charge in [0.15, 0.2) is 23.7 Å². The van der Waals surface area contributed by atoms with Gasteiger partial charge in [0.25, 0.3) is 23.6 Å². The molecule has 2 aromatic heterocycles. The number of piperazine rings is 2. The number of phenols is 1. The number of rotatable bonds is 26. The molecule has 0 radical (unpaired) electrons. The van der Waals surface area contributed by atoms with Crippen molar-refractivity contribution in [2.75, 3.05) is 91.0 Å². The molecule has 9 aromatic rings. The summed E-state index contributed by atoms with van der Waals surface area (Å²) in [4.78, 5) is 111. The van der Waals surface area contributed by atoms with Crippen molar-refractivity contribution in [3.8, 4) is 17.2 Å². The van der Waals surface area contributed by atoms with Crippen molar-refractivity contribution in [1.82, 2.24) is 39.4 Å². The third kappa shape index (κ3) is 18.3. The first kappa shape index (κ1) is 78.8. The third-order valence-electron chi connectivity index (χ3n) is 19.0. The van der Waals surface area contributed by atoms with Crippen LogP contribution < -0.4 is 9.26 Å². The minimum Gasteiger partial charge on any atom is -0.505 e.